The molecule has 1 atom stereocenters. The molecule has 2 rings (SSSR count). The van der Waals surface area contributed by atoms with E-state index in [2.05, 4.69) is 24.3 Å². The van der Waals surface area contributed by atoms with Crippen LogP contribution in [0.4, 0.5) is 4.79 Å². The van der Waals surface area contributed by atoms with E-state index in [-0.39, 0.29) is 18.5 Å². The molecule has 6 nitrogen and oxygen atoms in total. The van der Waals surface area contributed by atoms with Gasteiger partial charge in [-0.2, -0.15) is 0 Å². The van der Waals surface area contributed by atoms with Gasteiger partial charge in [0.05, 0.1) is 12.2 Å². The zero-order valence-corrected chi connectivity index (χ0v) is 12.4. The largest absolute Gasteiger partial charge is 0.359 e. The van der Waals surface area contributed by atoms with E-state index in [4.69, 9.17) is 4.52 Å². The van der Waals surface area contributed by atoms with Crippen LogP contribution in [0.3, 0.4) is 0 Å². The number of imide groups is 1. The van der Waals surface area contributed by atoms with Crippen LogP contribution in [0, 0.1) is 12.8 Å². The first kappa shape index (κ1) is 14.6. The first-order valence-electron chi connectivity index (χ1n) is 6.88. The molecule has 1 aliphatic heterocycles. The van der Waals surface area contributed by atoms with Crippen LogP contribution in [-0.2, 0) is 11.3 Å². The topological polar surface area (TPSA) is 75.4 Å². The average molecular weight is 279 g/mol. The van der Waals surface area contributed by atoms with Crippen LogP contribution in [0.1, 0.15) is 45.1 Å². The van der Waals surface area contributed by atoms with Gasteiger partial charge in [-0.15, -0.1) is 0 Å². The molecule has 1 aromatic rings. The maximum Gasteiger partial charge on any atom is 0.325 e. The van der Waals surface area contributed by atoms with Gasteiger partial charge in [-0.1, -0.05) is 19.0 Å². The predicted octanol–water partition coefficient (Wildman–Crippen LogP) is 2.23. The number of aryl methyl sites for hydroxylation is 1. The van der Waals surface area contributed by atoms with E-state index in [9.17, 15) is 9.59 Å². The minimum Gasteiger partial charge on any atom is -0.359 e. The number of carbonyl (C=O) groups excluding carboxylic acids is 2. The molecule has 2 heterocycles. The lowest BCUT2D eigenvalue weighted by atomic mass is 9.92. The zero-order valence-electron chi connectivity index (χ0n) is 12.4. The monoisotopic (exact) mass is 279 g/mol. The van der Waals surface area contributed by atoms with Gasteiger partial charge in [0.25, 0.3) is 5.91 Å². The van der Waals surface area contributed by atoms with Gasteiger partial charge in [-0.25, -0.2) is 4.79 Å². The first-order chi connectivity index (χ1) is 9.32. The van der Waals surface area contributed by atoms with Crippen molar-refractivity contribution < 1.29 is 14.1 Å². The molecule has 1 N–H and O–H groups in total. The second kappa shape index (κ2) is 5.26. The molecule has 1 unspecified atom stereocenters. The van der Waals surface area contributed by atoms with Gasteiger partial charge in [0.1, 0.15) is 5.54 Å². The Morgan fingerprint density at radius 2 is 2.15 bits per heavy atom. The minimum absolute atomic E-state index is 0.128. The SMILES string of the molecule is Cc1cc(CN2C(=O)NC(C)(CCC(C)C)C2=O)on1. The molecular weight excluding hydrogens is 258 g/mol. The van der Waals surface area contributed by atoms with Crippen molar-refractivity contribution >= 4 is 11.9 Å². The Hall–Kier alpha value is -1.85. The van der Waals surface area contributed by atoms with E-state index in [1.807, 2.05) is 0 Å². The lowest BCUT2D eigenvalue weighted by Gasteiger charge is -2.22. The summed E-state index contributed by atoms with van der Waals surface area (Å²) < 4.78 is 5.07. The number of carbonyl (C=O) groups is 2. The number of hydrogen-bond donors (Lipinski definition) is 1. The van der Waals surface area contributed by atoms with Gasteiger partial charge in [-0.3, -0.25) is 9.69 Å². The summed E-state index contributed by atoms with van der Waals surface area (Å²) in [5, 5.41) is 6.55. The molecule has 6 heteroatoms. The van der Waals surface area contributed by atoms with Crippen LogP contribution in [0.15, 0.2) is 10.6 Å². The van der Waals surface area contributed by atoms with Gasteiger partial charge in [0.2, 0.25) is 0 Å². The summed E-state index contributed by atoms with van der Waals surface area (Å²) >= 11 is 0. The number of nitrogens with zero attached hydrogens (tertiary/aromatic N) is 2. The van der Waals surface area contributed by atoms with Gasteiger partial charge in [0.15, 0.2) is 5.76 Å². The smallest absolute Gasteiger partial charge is 0.325 e. The summed E-state index contributed by atoms with van der Waals surface area (Å²) in [6.45, 7) is 7.90. The second-order valence-corrected chi connectivity index (χ2v) is 6.02. The summed E-state index contributed by atoms with van der Waals surface area (Å²) in [7, 11) is 0. The van der Waals surface area contributed by atoms with Crippen molar-refractivity contribution in [2.45, 2.75) is 52.6 Å². The van der Waals surface area contributed by atoms with Crippen LogP contribution in [0.5, 0.6) is 0 Å². The first-order valence-corrected chi connectivity index (χ1v) is 6.88. The average Bonchev–Trinajstić information content (AvgIpc) is 2.85. The Bertz CT molecular complexity index is 523. The van der Waals surface area contributed by atoms with Crippen LogP contribution in [0.2, 0.25) is 0 Å². The quantitative estimate of drug-likeness (QED) is 0.839. The van der Waals surface area contributed by atoms with Gasteiger partial charge < -0.3 is 9.84 Å². The molecule has 3 amide bonds. The summed E-state index contributed by atoms with van der Waals surface area (Å²) in [4.78, 5) is 25.6. The van der Waals surface area contributed by atoms with E-state index in [0.29, 0.717) is 18.1 Å². The summed E-state index contributed by atoms with van der Waals surface area (Å²) in [6, 6.07) is 1.36. The Morgan fingerprint density at radius 3 is 2.70 bits per heavy atom. The molecule has 0 bridgehead atoms. The van der Waals surface area contributed by atoms with Gasteiger partial charge >= 0.3 is 6.03 Å². The molecule has 0 spiro atoms. The van der Waals surface area contributed by atoms with Gasteiger partial charge in [-0.05, 0) is 32.6 Å². The fraction of sp³-hybridized carbons (Fsp3) is 0.643. The van der Waals surface area contributed by atoms with E-state index in [1.165, 1.54) is 4.90 Å². The third-order valence-electron chi connectivity index (χ3n) is 3.56. The van der Waals surface area contributed by atoms with Crippen LogP contribution < -0.4 is 5.32 Å². The lowest BCUT2D eigenvalue weighted by molar-refractivity contribution is -0.131. The third kappa shape index (κ3) is 2.84. The molecular formula is C14H21N3O3. The normalized spacial score (nSPS) is 22.8. The Labute approximate surface area is 118 Å². The fourth-order valence-corrected chi connectivity index (χ4v) is 2.28. The number of urea groups is 1. The van der Waals surface area contributed by atoms with Gasteiger partial charge in [0, 0.05) is 6.07 Å². The van der Waals surface area contributed by atoms with E-state index in [1.54, 1.807) is 19.9 Å². The maximum absolute atomic E-state index is 12.4. The second-order valence-electron chi connectivity index (χ2n) is 6.02. The Kier molecular flexibility index (Phi) is 3.83. The lowest BCUT2D eigenvalue weighted by Crippen LogP contribution is -2.44. The van der Waals surface area contributed by atoms with Crippen molar-refractivity contribution in [1.82, 2.24) is 15.4 Å². The maximum atomic E-state index is 12.4. The predicted molar refractivity (Wildman–Crippen MR) is 72.8 cm³/mol. The number of aromatic nitrogens is 1. The van der Waals surface area contributed by atoms with Crippen molar-refractivity contribution in [2.24, 2.45) is 5.92 Å². The molecule has 1 fully saturated rings. The highest BCUT2D eigenvalue weighted by Crippen LogP contribution is 2.26. The highest BCUT2D eigenvalue weighted by molar-refractivity contribution is 6.06. The number of amides is 3. The molecule has 0 aliphatic carbocycles. The fourth-order valence-electron chi connectivity index (χ4n) is 2.28. The van der Waals surface area contributed by atoms with Crippen LogP contribution >= 0.6 is 0 Å². The highest BCUT2D eigenvalue weighted by Gasteiger charge is 2.47. The molecule has 0 aromatic carbocycles. The van der Waals surface area contributed by atoms with E-state index in [0.717, 1.165) is 12.1 Å². The molecule has 0 saturated carbocycles. The van der Waals surface area contributed by atoms with E-state index < -0.39 is 5.54 Å². The Balaban J connectivity index is 2.08. The molecule has 0 radical (unpaired) electrons. The molecule has 110 valence electrons. The van der Waals surface area contributed by atoms with Crippen LogP contribution in [-0.4, -0.2) is 27.5 Å². The van der Waals surface area contributed by atoms with Crippen molar-refractivity contribution in [1.29, 1.82) is 0 Å². The molecule has 20 heavy (non-hydrogen) atoms. The summed E-state index contributed by atoms with van der Waals surface area (Å²) in [6.07, 6.45) is 1.53. The number of rotatable bonds is 5. The third-order valence-corrected chi connectivity index (χ3v) is 3.56. The molecule has 1 saturated heterocycles. The minimum atomic E-state index is -0.809. The standard InChI is InChI=1S/C14H21N3O3/c1-9(2)5-6-14(4)12(18)17(13(19)15-14)8-11-7-10(3)16-20-11/h7,9H,5-6,8H2,1-4H3,(H,15,19). The molecule has 1 aliphatic rings. The van der Waals surface area contributed by atoms with Crippen molar-refractivity contribution in [2.75, 3.05) is 0 Å². The number of nitrogens with one attached hydrogen (secondary N) is 1. The summed E-state index contributed by atoms with van der Waals surface area (Å²) in [5.41, 5.74) is -0.0780. The van der Waals surface area contributed by atoms with E-state index >= 15 is 0 Å². The van der Waals surface area contributed by atoms with Crippen molar-refractivity contribution in [3.63, 3.8) is 0 Å². The van der Waals surface area contributed by atoms with Crippen molar-refractivity contribution in [3.8, 4) is 0 Å². The van der Waals surface area contributed by atoms with Crippen LogP contribution in [0.25, 0.3) is 0 Å². The molecule has 1 aromatic heterocycles. The summed E-state index contributed by atoms with van der Waals surface area (Å²) in [5.74, 6) is 0.804. The van der Waals surface area contributed by atoms with Crippen molar-refractivity contribution in [3.05, 3.63) is 17.5 Å². The zero-order chi connectivity index (χ0) is 14.9. The number of hydrogen-bond acceptors (Lipinski definition) is 4. The highest BCUT2D eigenvalue weighted by atomic mass is 16.5. The Morgan fingerprint density at radius 1 is 1.45 bits per heavy atom.